The van der Waals surface area contributed by atoms with Crippen LogP contribution in [0.1, 0.15) is 32.8 Å². The van der Waals surface area contributed by atoms with Crippen molar-refractivity contribution >= 4 is 23.3 Å². The Kier molecular flexibility index (Phi) is 7.33. The minimum absolute atomic E-state index is 0.0122. The van der Waals surface area contributed by atoms with E-state index in [0.29, 0.717) is 37.9 Å². The molecule has 2 rings (SSSR count). The molecule has 1 saturated heterocycles. The van der Waals surface area contributed by atoms with Crippen LogP contribution in [0.5, 0.6) is 0 Å². The van der Waals surface area contributed by atoms with Crippen molar-refractivity contribution in [3.8, 4) is 0 Å². The number of hydrogen-bond acceptors (Lipinski definition) is 4. The number of halogens is 4. The van der Waals surface area contributed by atoms with E-state index in [1.807, 2.05) is 16.7 Å². The molecule has 0 radical (unpaired) electrons. The summed E-state index contributed by atoms with van der Waals surface area (Å²) in [7, 11) is 0. The van der Waals surface area contributed by atoms with E-state index in [1.54, 1.807) is 0 Å². The maximum atomic E-state index is 12.8. The van der Waals surface area contributed by atoms with Crippen LogP contribution in [0.15, 0.2) is 12.3 Å². The van der Waals surface area contributed by atoms with Gasteiger partial charge in [-0.1, -0.05) is 25.4 Å². The lowest BCUT2D eigenvalue weighted by Gasteiger charge is -2.24. The minimum Gasteiger partial charge on any atom is -0.354 e. The molecule has 27 heavy (non-hydrogen) atoms. The molecule has 1 aliphatic heterocycles. The van der Waals surface area contributed by atoms with Crippen molar-refractivity contribution in [1.29, 1.82) is 0 Å². The van der Waals surface area contributed by atoms with Crippen LogP contribution < -0.4 is 10.2 Å². The molecule has 9 heteroatoms. The van der Waals surface area contributed by atoms with Gasteiger partial charge in [-0.15, -0.1) is 0 Å². The van der Waals surface area contributed by atoms with Crippen LogP contribution in [0, 0.1) is 5.92 Å². The highest BCUT2D eigenvalue weighted by Gasteiger charge is 2.32. The van der Waals surface area contributed by atoms with Gasteiger partial charge < -0.3 is 10.2 Å². The maximum absolute atomic E-state index is 12.8. The number of hydrogen-bond donors (Lipinski definition) is 1. The van der Waals surface area contributed by atoms with Crippen LogP contribution in [0.2, 0.25) is 5.02 Å². The highest BCUT2D eigenvalue weighted by molar-refractivity contribution is 6.33. The first-order valence-electron chi connectivity index (χ1n) is 9.07. The monoisotopic (exact) mass is 406 g/mol. The fourth-order valence-electron chi connectivity index (χ4n) is 2.83. The van der Waals surface area contributed by atoms with Gasteiger partial charge in [-0.2, -0.15) is 13.2 Å². The first-order chi connectivity index (χ1) is 12.6. The molecular weight excluding hydrogens is 381 g/mol. The number of carbonyl (C=O) groups is 1. The summed E-state index contributed by atoms with van der Waals surface area (Å²) in [6, 6.07) is 1.02. The second-order valence-corrected chi connectivity index (χ2v) is 7.65. The SMILES string of the molecule is CC(C)[C@H](C)NC(=O)CN1CCCN(c2ncc(C(F)(F)F)cc2Cl)CC1. The minimum atomic E-state index is -4.47. The average molecular weight is 407 g/mol. The van der Waals surface area contributed by atoms with E-state index in [4.69, 9.17) is 11.6 Å². The van der Waals surface area contributed by atoms with E-state index >= 15 is 0 Å². The van der Waals surface area contributed by atoms with E-state index in [1.165, 1.54) is 0 Å². The quantitative estimate of drug-likeness (QED) is 0.814. The number of anilines is 1. The van der Waals surface area contributed by atoms with Gasteiger partial charge in [0.25, 0.3) is 0 Å². The molecule has 0 saturated carbocycles. The normalized spacial score (nSPS) is 17.7. The highest BCUT2D eigenvalue weighted by atomic mass is 35.5. The Morgan fingerprint density at radius 1 is 1.26 bits per heavy atom. The van der Waals surface area contributed by atoms with E-state index in [0.717, 1.165) is 25.2 Å². The summed E-state index contributed by atoms with van der Waals surface area (Å²) in [5.74, 6) is 0.696. The number of amides is 1. The van der Waals surface area contributed by atoms with Gasteiger partial charge in [-0.3, -0.25) is 9.69 Å². The molecule has 1 N–H and O–H groups in total. The van der Waals surface area contributed by atoms with Crippen LogP contribution in [0.25, 0.3) is 0 Å². The van der Waals surface area contributed by atoms with Gasteiger partial charge >= 0.3 is 6.18 Å². The summed E-state index contributed by atoms with van der Waals surface area (Å²) in [5.41, 5.74) is -0.858. The molecule has 5 nitrogen and oxygen atoms in total. The van der Waals surface area contributed by atoms with E-state index in [9.17, 15) is 18.0 Å². The van der Waals surface area contributed by atoms with Gasteiger partial charge in [0.2, 0.25) is 5.91 Å². The lowest BCUT2D eigenvalue weighted by molar-refractivity contribution is -0.137. The Morgan fingerprint density at radius 2 is 1.96 bits per heavy atom. The van der Waals surface area contributed by atoms with E-state index in [2.05, 4.69) is 24.1 Å². The van der Waals surface area contributed by atoms with Crippen molar-refractivity contribution in [2.24, 2.45) is 5.92 Å². The van der Waals surface area contributed by atoms with Crippen LogP contribution in [0.4, 0.5) is 19.0 Å². The topological polar surface area (TPSA) is 48.5 Å². The van der Waals surface area contributed by atoms with E-state index < -0.39 is 11.7 Å². The van der Waals surface area contributed by atoms with Crippen molar-refractivity contribution < 1.29 is 18.0 Å². The molecule has 1 aromatic rings. The number of aromatic nitrogens is 1. The Labute approximate surface area is 162 Å². The molecule has 2 heterocycles. The van der Waals surface area contributed by atoms with Crippen LogP contribution >= 0.6 is 11.6 Å². The summed E-state index contributed by atoms with van der Waals surface area (Å²) >= 11 is 6.05. The van der Waals surface area contributed by atoms with Gasteiger partial charge in [-0.25, -0.2) is 4.98 Å². The summed E-state index contributed by atoms with van der Waals surface area (Å²) in [6.07, 6.45) is -2.89. The molecule has 152 valence electrons. The van der Waals surface area contributed by atoms with Crippen LogP contribution in [0.3, 0.4) is 0 Å². The lowest BCUT2D eigenvalue weighted by Crippen LogP contribution is -2.43. The first-order valence-corrected chi connectivity index (χ1v) is 9.45. The van der Waals surface area contributed by atoms with Gasteiger partial charge in [0.1, 0.15) is 5.82 Å². The smallest absolute Gasteiger partial charge is 0.354 e. The van der Waals surface area contributed by atoms with Crippen LogP contribution in [-0.2, 0) is 11.0 Å². The van der Waals surface area contributed by atoms with Crippen molar-refractivity contribution in [3.05, 3.63) is 22.8 Å². The molecule has 0 unspecified atom stereocenters. The third-order valence-corrected chi connectivity index (χ3v) is 5.07. The third kappa shape index (κ3) is 6.24. The standard InChI is InChI=1S/C18H26ClF3N4O/c1-12(2)13(3)24-16(27)11-25-5-4-6-26(8-7-25)17-15(19)9-14(10-23-17)18(20,21)22/h9-10,12-13H,4-8,11H2,1-3H3,(H,24,27)/t13-/m0/s1. The molecule has 1 aromatic heterocycles. The zero-order chi connectivity index (χ0) is 20.2. The van der Waals surface area contributed by atoms with Gasteiger partial charge in [-0.05, 0) is 25.3 Å². The molecule has 0 spiro atoms. The van der Waals surface area contributed by atoms with E-state index in [-0.39, 0.29) is 17.0 Å². The molecule has 1 aliphatic rings. The molecule has 1 atom stereocenters. The second kappa shape index (κ2) is 9.10. The van der Waals surface area contributed by atoms with Crippen molar-refractivity contribution in [2.45, 2.75) is 39.4 Å². The number of rotatable bonds is 5. The summed E-state index contributed by atoms with van der Waals surface area (Å²) in [4.78, 5) is 20.0. The van der Waals surface area contributed by atoms with Gasteiger partial charge in [0, 0.05) is 38.4 Å². The first kappa shape index (κ1) is 21.8. The number of carbonyl (C=O) groups excluding carboxylic acids is 1. The number of nitrogens with zero attached hydrogens (tertiary/aromatic N) is 3. The zero-order valence-corrected chi connectivity index (χ0v) is 16.6. The maximum Gasteiger partial charge on any atom is 0.417 e. The predicted octanol–water partition coefficient (Wildman–Crippen LogP) is 3.43. The second-order valence-electron chi connectivity index (χ2n) is 7.24. The van der Waals surface area contributed by atoms with Crippen molar-refractivity contribution in [3.63, 3.8) is 0 Å². The third-order valence-electron chi connectivity index (χ3n) is 4.79. The lowest BCUT2D eigenvalue weighted by atomic mass is 10.1. The summed E-state index contributed by atoms with van der Waals surface area (Å²) in [5, 5.41) is 2.97. The Hall–Kier alpha value is -1.54. The Morgan fingerprint density at radius 3 is 2.56 bits per heavy atom. The van der Waals surface area contributed by atoms with Gasteiger partial charge in [0.05, 0.1) is 17.1 Å². The van der Waals surface area contributed by atoms with Crippen molar-refractivity contribution in [1.82, 2.24) is 15.2 Å². The van der Waals surface area contributed by atoms with Crippen molar-refractivity contribution in [2.75, 3.05) is 37.6 Å². The molecule has 0 aliphatic carbocycles. The fraction of sp³-hybridized carbons (Fsp3) is 0.667. The Bertz CT molecular complexity index is 654. The zero-order valence-electron chi connectivity index (χ0n) is 15.8. The molecule has 1 amide bonds. The fourth-order valence-corrected chi connectivity index (χ4v) is 3.11. The highest BCUT2D eigenvalue weighted by Crippen LogP contribution is 2.33. The summed E-state index contributed by atoms with van der Waals surface area (Å²) < 4.78 is 38.3. The number of nitrogens with one attached hydrogen (secondary N) is 1. The number of alkyl halides is 3. The molecular formula is C18H26ClF3N4O. The molecule has 0 aromatic carbocycles. The predicted molar refractivity (Wildman–Crippen MR) is 100.0 cm³/mol. The number of pyridine rings is 1. The van der Waals surface area contributed by atoms with Gasteiger partial charge in [0.15, 0.2) is 0 Å². The Balaban J connectivity index is 1.96. The summed E-state index contributed by atoms with van der Waals surface area (Å²) in [6.45, 7) is 8.90. The average Bonchev–Trinajstić information content (AvgIpc) is 2.79. The van der Waals surface area contributed by atoms with Crippen LogP contribution in [-0.4, -0.2) is 54.6 Å². The molecule has 0 bridgehead atoms. The largest absolute Gasteiger partial charge is 0.417 e. The molecule has 1 fully saturated rings.